The SMILES string of the molecule is CN1[C@@H](CCC(=O)NCc2cccnc2)CNC(=O)[C@@H]2[C@@H]1CCN2Cc1cccs1. The van der Waals surface area contributed by atoms with Gasteiger partial charge in [0.15, 0.2) is 0 Å². The lowest BCUT2D eigenvalue weighted by atomic mass is 10.0. The minimum Gasteiger partial charge on any atom is -0.353 e. The number of nitrogens with one attached hydrogen (secondary N) is 2. The van der Waals surface area contributed by atoms with Gasteiger partial charge in [0.1, 0.15) is 6.04 Å². The van der Waals surface area contributed by atoms with Gasteiger partial charge in [-0.2, -0.15) is 0 Å². The summed E-state index contributed by atoms with van der Waals surface area (Å²) >= 11 is 1.74. The monoisotopic (exact) mass is 427 g/mol. The Morgan fingerprint density at radius 2 is 2.27 bits per heavy atom. The van der Waals surface area contributed by atoms with Crippen LogP contribution < -0.4 is 10.6 Å². The van der Waals surface area contributed by atoms with Crippen LogP contribution in [0.15, 0.2) is 42.0 Å². The number of thiophene rings is 1. The van der Waals surface area contributed by atoms with Crippen molar-refractivity contribution >= 4 is 23.2 Å². The zero-order chi connectivity index (χ0) is 20.9. The van der Waals surface area contributed by atoms with Crippen LogP contribution in [0.5, 0.6) is 0 Å². The van der Waals surface area contributed by atoms with Crippen LogP contribution in [0.4, 0.5) is 0 Å². The first-order chi connectivity index (χ1) is 14.6. The van der Waals surface area contributed by atoms with Crippen molar-refractivity contribution in [2.24, 2.45) is 0 Å². The van der Waals surface area contributed by atoms with Crippen molar-refractivity contribution in [3.05, 3.63) is 52.5 Å². The van der Waals surface area contributed by atoms with E-state index in [-0.39, 0.29) is 29.9 Å². The molecule has 0 unspecified atom stereocenters. The van der Waals surface area contributed by atoms with Gasteiger partial charge in [0.05, 0.1) is 0 Å². The molecule has 8 heteroatoms. The summed E-state index contributed by atoms with van der Waals surface area (Å²) in [6.07, 6.45) is 5.63. The summed E-state index contributed by atoms with van der Waals surface area (Å²) in [5.74, 6) is 0.148. The molecule has 0 bridgehead atoms. The summed E-state index contributed by atoms with van der Waals surface area (Å²) in [5, 5.41) is 8.17. The standard InChI is InChI=1S/C22H29N5O2S/c1-26-17(6-7-20(28)24-13-16-4-2-9-23-12-16)14-25-22(29)21-19(26)8-10-27(21)15-18-5-3-11-30-18/h2-5,9,11-12,17,19,21H,6-8,10,13-15H2,1H3,(H,24,28)(H,25,29)/t17-,19-,21-/m0/s1. The maximum Gasteiger partial charge on any atom is 0.239 e. The minimum atomic E-state index is -0.124. The molecular formula is C22H29N5O2S. The van der Waals surface area contributed by atoms with E-state index in [0.717, 1.165) is 31.5 Å². The van der Waals surface area contributed by atoms with Crippen LogP contribution in [0, 0.1) is 0 Å². The van der Waals surface area contributed by atoms with Gasteiger partial charge in [-0.1, -0.05) is 12.1 Å². The summed E-state index contributed by atoms with van der Waals surface area (Å²) < 4.78 is 0. The van der Waals surface area contributed by atoms with Gasteiger partial charge in [0.25, 0.3) is 0 Å². The number of nitrogens with zero attached hydrogens (tertiary/aromatic N) is 3. The molecule has 2 saturated heterocycles. The summed E-state index contributed by atoms with van der Waals surface area (Å²) in [6.45, 7) is 2.82. The molecule has 4 heterocycles. The first kappa shape index (κ1) is 21.0. The van der Waals surface area contributed by atoms with E-state index in [4.69, 9.17) is 0 Å². The molecule has 30 heavy (non-hydrogen) atoms. The molecule has 2 aliphatic rings. The Bertz CT molecular complexity index is 844. The van der Waals surface area contributed by atoms with Gasteiger partial charge in [-0.25, -0.2) is 0 Å². The van der Waals surface area contributed by atoms with Crippen LogP contribution in [0.3, 0.4) is 0 Å². The molecular weight excluding hydrogens is 398 g/mol. The first-order valence-electron chi connectivity index (χ1n) is 10.5. The van der Waals surface area contributed by atoms with Crippen LogP contribution in [-0.2, 0) is 22.7 Å². The number of fused-ring (bicyclic) bond motifs is 1. The molecule has 2 aromatic rings. The molecule has 2 aromatic heterocycles. The lowest BCUT2D eigenvalue weighted by Crippen LogP contribution is -2.49. The van der Waals surface area contributed by atoms with E-state index in [2.05, 4.69) is 50.0 Å². The molecule has 4 rings (SSSR count). The second-order valence-electron chi connectivity index (χ2n) is 8.09. The van der Waals surface area contributed by atoms with E-state index in [1.165, 1.54) is 4.88 Å². The Labute approximate surface area is 181 Å². The largest absolute Gasteiger partial charge is 0.353 e. The van der Waals surface area contributed by atoms with Crippen LogP contribution in [0.2, 0.25) is 0 Å². The maximum atomic E-state index is 12.9. The lowest BCUT2D eigenvalue weighted by Gasteiger charge is -2.33. The quantitative estimate of drug-likeness (QED) is 0.702. The third kappa shape index (κ3) is 4.88. The van der Waals surface area contributed by atoms with E-state index < -0.39 is 0 Å². The molecule has 160 valence electrons. The summed E-state index contributed by atoms with van der Waals surface area (Å²) in [7, 11) is 2.10. The number of hydrogen-bond acceptors (Lipinski definition) is 6. The number of amides is 2. The van der Waals surface area contributed by atoms with E-state index in [1.54, 1.807) is 23.7 Å². The number of hydrogen-bond donors (Lipinski definition) is 2. The predicted molar refractivity (Wildman–Crippen MR) is 117 cm³/mol. The van der Waals surface area contributed by atoms with Crippen LogP contribution in [0.25, 0.3) is 0 Å². The predicted octanol–water partition coefficient (Wildman–Crippen LogP) is 1.61. The number of pyridine rings is 1. The van der Waals surface area contributed by atoms with Crippen molar-refractivity contribution in [3.8, 4) is 0 Å². The molecule has 0 aliphatic carbocycles. The fraction of sp³-hybridized carbons (Fsp3) is 0.500. The second kappa shape index (κ2) is 9.68. The fourth-order valence-electron chi connectivity index (χ4n) is 4.52. The first-order valence-corrected chi connectivity index (χ1v) is 11.4. The highest BCUT2D eigenvalue weighted by molar-refractivity contribution is 7.09. The molecule has 2 fully saturated rings. The van der Waals surface area contributed by atoms with E-state index in [9.17, 15) is 9.59 Å². The number of rotatable bonds is 7. The summed E-state index contributed by atoms with van der Waals surface area (Å²) in [5.41, 5.74) is 0.990. The Morgan fingerprint density at radius 3 is 3.03 bits per heavy atom. The van der Waals surface area contributed by atoms with Crippen molar-refractivity contribution in [3.63, 3.8) is 0 Å². The maximum absolute atomic E-state index is 12.9. The molecule has 0 saturated carbocycles. The van der Waals surface area contributed by atoms with Gasteiger partial charge in [0.2, 0.25) is 11.8 Å². The Morgan fingerprint density at radius 1 is 1.37 bits per heavy atom. The van der Waals surface area contributed by atoms with Crippen molar-refractivity contribution < 1.29 is 9.59 Å². The highest BCUT2D eigenvalue weighted by Crippen LogP contribution is 2.29. The van der Waals surface area contributed by atoms with Gasteiger partial charge < -0.3 is 10.6 Å². The molecule has 7 nitrogen and oxygen atoms in total. The van der Waals surface area contributed by atoms with Gasteiger partial charge in [0, 0.05) is 62.0 Å². The number of aromatic nitrogens is 1. The number of carbonyl (C=O) groups excluding carboxylic acids is 2. The van der Waals surface area contributed by atoms with Crippen molar-refractivity contribution in [1.29, 1.82) is 0 Å². The van der Waals surface area contributed by atoms with Gasteiger partial charge in [-0.05, 0) is 43.0 Å². The third-order valence-electron chi connectivity index (χ3n) is 6.21. The van der Waals surface area contributed by atoms with Crippen LogP contribution in [-0.4, -0.2) is 64.9 Å². The van der Waals surface area contributed by atoms with Crippen molar-refractivity contribution in [1.82, 2.24) is 25.4 Å². The van der Waals surface area contributed by atoms with Crippen LogP contribution in [0.1, 0.15) is 29.7 Å². The van der Waals surface area contributed by atoms with E-state index >= 15 is 0 Å². The lowest BCUT2D eigenvalue weighted by molar-refractivity contribution is -0.126. The van der Waals surface area contributed by atoms with Gasteiger partial charge in [-0.3, -0.25) is 24.4 Å². The number of likely N-dealkylation sites (N-methyl/N-ethyl adjacent to an activating group) is 1. The zero-order valence-corrected chi connectivity index (χ0v) is 18.1. The number of carbonyl (C=O) groups is 2. The van der Waals surface area contributed by atoms with Crippen LogP contribution >= 0.6 is 11.3 Å². The Kier molecular flexibility index (Phi) is 6.76. The fourth-order valence-corrected chi connectivity index (χ4v) is 5.25. The number of likely N-dealkylation sites (tertiary alicyclic amines) is 1. The second-order valence-corrected chi connectivity index (χ2v) is 9.12. The average molecular weight is 428 g/mol. The normalized spacial score (nSPS) is 24.8. The smallest absolute Gasteiger partial charge is 0.239 e. The van der Waals surface area contributed by atoms with E-state index in [1.807, 2.05) is 12.1 Å². The molecule has 3 atom stereocenters. The Balaban J connectivity index is 1.31. The van der Waals surface area contributed by atoms with Gasteiger partial charge in [-0.15, -0.1) is 11.3 Å². The molecule has 0 spiro atoms. The highest BCUT2D eigenvalue weighted by atomic mass is 32.1. The van der Waals surface area contributed by atoms with Gasteiger partial charge >= 0.3 is 0 Å². The third-order valence-corrected chi connectivity index (χ3v) is 7.07. The molecule has 2 amide bonds. The topological polar surface area (TPSA) is 77.6 Å². The minimum absolute atomic E-state index is 0.0325. The van der Waals surface area contributed by atoms with E-state index in [0.29, 0.717) is 19.5 Å². The molecule has 0 aromatic carbocycles. The zero-order valence-electron chi connectivity index (χ0n) is 17.3. The molecule has 0 radical (unpaired) electrons. The molecule has 2 aliphatic heterocycles. The average Bonchev–Trinajstić information content (AvgIpc) is 3.40. The molecule has 2 N–H and O–H groups in total. The summed E-state index contributed by atoms with van der Waals surface area (Å²) in [6, 6.07) is 8.23. The summed E-state index contributed by atoms with van der Waals surface area (Å²) in [4.78, 5) is 35.2. The van der Waals surface area contributed by atoms with Crippen molar-refractivity contribution in [2.45, 2.75) is 50.5 Å². The highest BCUT2D eigenvalue weighted by Gasteiger charge is 2.44. The Hall–Kier alpha value is -2.29. The van der Waals surface area contributed by atoms with Crippen molar-refractivity contribution in [2.75, 3.05) is 20.1 Å².